The van der Waals surface area contributed by atoms with Crippen molar-refractivity contribution in [2.75, 3.05) is 0 Å². The summed E-state index contributed by atoms with van der Waals surface area (Å²) in [5.41, 5.74) is 3.71. The Morgan fingerprint density at radius 1 is 1.00 bits per heavy atom. The van der Waals surface area contributed by atoms with E-state index in [0.717, 1.165) is 53.3 Å². The Morgan fingerprint density at radius 3 is 2.39 bits per heavy atom. The van der Waals surface area contributed by atoms with Gasteiger partial charge in [0, 0.05) is 28.2 Å². The molecule has 1 aliphatic carbocycles. The number of fused-ring (bicyclic) bond motifs is 1. The highest BCUT2D eigenvalue weighted by atomic mass is 35.5. The van der Waals surface area contributed by atoms with Gasteiger partial charge in [-0.1, -0.05) is 79.0 Å². The van der Waals surface area contributed by atoms with E-state index in [1.807, 2.05) is 41.3 Å². The Bertz CT molecular complexity index is 1370. The van der Waals surface area contributed by atoms with E-state index in [1.54, 1.807) is 0 Å². The zero-order valence-corrected chi connectivity index (χ0v) is 22.3. The molecule has 0 atom stereocenters. The van der Waals surface area contributed by atoms with Crippen LogP contribution in [0.3, 0.4) is 0 Å². The van der Waals surface area contributed by atoms with E-state index in [9.17, 15) is 4.79 Å². The van der Waals surface area contributed by atoms with Gasteiger partial charge < -0.3 is 4.90 Å². The summed E-state index contributed by atoms with van der Waals surface area (Å²) in [6.45, 7) is 4.52. The second kappa shape index (κ2) is 10.7. The predicted octanol–water partition coefficient (Wildman–Crippen LogP) is 9.28. The lowest BCUT2D eigenvalue weighted by Gasteiger charge is -2.37. The van der Waals surface area contributed by atoms with Crippen molar-refractivity contribution in [2.45, 2.75) is 58.5 Å². The fraction of sp³-hybridized carbons (Fsp3) is 0.323. The molecule has 0 radical (unpaired) electrons. The molecule has 1 saturated carbocycles. The van der Waals surface area contributed by atoms with Gasteiger partial charge in [0.05, 0.1) is 5.02 Å². The highest BCUT2D eigenvalue weighted by Gasteiger charge is 2.32. The van der Waals surface area contributed by atoms with Crippen LogP contribution >= 0.6 is 22.9 Å². The van der Waals surface area contributed by atoms with Gasteiger partial charge in [0.2, 0.25) is 0 Å². The van der Waals surface area contributed by atoms with Gasteiger partial charge in [-0.15, -0.1) is 11.3 Å². The molecule has 1 aliphatic rings. The first kappa shape index (κ1) is 25.0. The van der Waals surface area contributed by atoms with Crippen LogP contribution in [-0.4, -0.2) is 16.8 Å². The fourth-order valence-electron chi connectivity index (χ4n) is 5.32. The normalized spacial score (nSPS) is 17.9. The molecule has 1 aromatic heterocycles. The summed E-state index contributed by atoms with van der Waals surface area (Å²) in [6, 6.07) is 21.4. The quantitative estimate of drug-likeness (QED) is 0.248. The largest absolute Gasteiger partial charge is 0.330 e. The lowest BCUT2D eigenvalue weighted by atomic mass is 9.83. The van der Waals surface area contributed by atoms with E-state index in [2.05, 4.69) is 38.1 Å². The van der Waals surface area contributed by atoms with Crippen molar-refractivity contribution in [3.8, 4) is 11.1 Å². The van der Waals surface area contributed by atoms with E-state index in [1.165, 1.54) is 23.0 Å². The smallest absolute Gasteiger partial charge is 0.266 e. The van der Waals surface area contributed by atoms with Crippen LogP contribution < -0.4 is 0 Å². The van der Waals surface area contributed by atoms with Crippen LogP contribution in [0.25, 0.3) is 21.2 Å². The van der Waals surface area contributed by atoms with Crippen molar-refractivity contribution in [2.24, 2.45) is 5.92 Å². The molecule has 4 aromatic rings. The highest BCUT2D eigenvalue weighted by Crippen LogP contribution is 2.38. The topological polar surface area (TPSA) is 20.3 Å². The zero-order chi connectivity index (χ0) is 25.2. The average molecular weight is 520 g/mol. The van der Waals surface area contributed by atoms with E-state index < -0.39 is 0 Å². The van der Waals surface area contributed by atoms with Gasteiger partial charge in [0.25, 0.3) is 5.91 Å². The molecule has 5 heteroatoms. The molecule has 186 valence electrons. The monoisotopic (exact) mass is 519 g/mol. The van der Waals surface area contributed by atoms with Gasteiger partial charge in [0.15, 0.2) is 0 Å². The average Bonchev–Trinajstić information content (AvgIpc) is 3.25. The van der Waals surface area contributed by atoms with Crippen molar-refractivity contribution in [1.82, 2.24) is 4.90 Å². The third kappa shape index (κ3) is 5.07. The third-order valence-electron chi connectivity index (χ3n) is 7.60. The number of benzene rings is 3. The summed E-state index contributed by atoms with van der Waals surface area (Å²) in [7, 11) is 0. The van der Waals surface area contributed by atoms with E-state index >= 15 is 4.39 Å². The van der Waals surface area contributed by atoms with Crippen LogP contribution in [0.1, 0.15) is 59.8 Å². The Balaban J connectivity index is 1.50. The van der Waals surface area contributed by atoms with Crippen LogP contribution in [0.15, 0.2) is 66.7 Å². The predicted molar refractivity (Wildman–Crippen MR) is 149 cm³/mol. The number of carbonyl (C=O) groups is 1. The maximum Gasteiger partial charge on any atom is 0.266 e. The highest BCUT2D eigenvalue weighted by molar-refractivity contribution is 7.21. The van der Waals surface area contributed by atoms with Crippen molar-refractivity contribution >= 4 is 38.9 Å². The summed E-state index contributed by atoms with van der Waals surface area (Å²) in [4.78, 5) is 16.5. The second-order valence-corrected chi connectivity index (χ2v) is 11.4. The first-order valence-electron chi connectivity index (χ1n) is 12.8. The Labute approximate surface area is 221 Å². The Morgan fingerprint density at radius 2 is 1.69 bits per heavy atom. The van der Waals surface area contributed by atoms with E-state index in [-0.39, 0.29) is 24.3 Å². The van der Waals surface area contributed by atoms with Gasteiger partial charge in [-0.05, 0) is 67.9 Å². The lowest BCUT2D eigenvalue weighted by molar-refractivity contribution is 0.0590. The van der Waals surface area contributed by atoms with E-state index in [0.29, 0.717) is 21.4 Å². The summed E-state index contributed by atoms with van der Waals surface area (Å²) >= 11 is 8.15. The first-order chi connectivity index (χ1) is 17.4. The van der Waals surface area contributed by atoms with Gasteiger partial charge in [0.1, 0.15) is 10.7 Å². The molecule has 1 amide bonds. The molecule has 1 heterocycles. The van der Waals surface area contributed by atoms with E-state index in [4.69, 9.17) is 11.6 Å². The Kier molecular flexibility index (Phi) is 7.45. The number of thiophene rings is 1. The summed E-state index contributed by atoms with van der Waals surface area (Å²) < 4.78 is 16.1. The molecule has 0 bridgehead atoms. The number of aryl methyl sites for hydroxylation is 1. The van der Waals surface area contributed by atoms with Crippen LogP contribution in [0.4, 0.5) is 4.39 Å². The molecule has 0 spiro atoms. The SMILES string of the molecule is CCC1CCC(N(Cc2cc(-c3ccc(C)cc3)ccc2F)C(=O)c2sc3ccccc3c2Cl)CC1. The minimum absolute atomic E-state index is 0.0732. The third-order valence-corrected chi connectivity index (χ3v) is 9.26. The van der Waals surface area contributed by atoms with Crippen molar-refractivity contribution in [1.29, 1.82) is 0 Å². The number of rotatable bonds is 6. The molecule has 0 aliphatic heterocycles. The molecular weight excluding hydrogens is 489 g/mol. The number of halogens is 2. The minimum atomic E-state index is -0.284. The Hall–Kier alpha value is -2.69. The molecule has 1 fully saturated rings. The summed E-state index contributed by atoms with van der Waals surface area (Å²) in [6.07, 6.45) is 5.22. The van der Waals surface area contributed by atoms with Gasteiger partial charge in [-0.25, -0.2) is 4.39 Å². The van der Waals surface area contributed by atoms with Crippen LogP contribution in [0, 0.1) is 18.7 Å². The maximum absolute atomic E-state index is 15.1. The number of carbonyl (C=O) groups excluding carboxylic acids is 1. The number of nitrogens with zero attached hydrogens (tertiary/aromatic N) is 1. The van der Waals surface area contributed by atoms with Gasteiger partial charge >= 0.3 is 0 Å². The van der Waals surface area contributed by atoms with Crippen molar-refractivity contribution < 1.29 is 9.18 Å². The first-order valence-corrected chi connectivity index (χ1v) is 14.0. The number of hydrogen-bond donors (Lipinski definition) is 0. The zero-order valence-electron chi connectivity index (χ0n) is 20.8. The van der Waals surface area contributed by atoms with Crippen LogP contribution in [0.2, 0.25) is 5.02 Å². The lowest BCUT2D eigenvalue weighted by Crippen LogP contribution is -2.42. The molecule has 5 rings (SSSR count). The molecule has 3 aromatic carbocycles. The minimum Gasteiger partial charge on any atom is -0.330 e. The van der Waals surface area contributed by atoms with Gasteiger partial charge in [-0.2, -0.15) is 0 Å². The molecule has 0 N–H and O–H groups in total. The molecule has 2 nitrogen and oxygen atoms in total. The molecule has 0 saturated heterocycles. The van der Waals surface area contributed by atoms with Crippen LogP contribution in [-0.2, 0) is 6.54 Å². The van der Waals surface area contributed by atoms with Gasteiger partial charge in [-0.3, -0.25) is 4.79 Å². The maximum atomic E-state index is 15.1. The molecule has 36 heavy (non-hydrogen) atoms. The number of hydrogen-bond acceptors (Lipinski definition) is 2. The fourth-order valence-corrected chi connectivity index (χ4v) is 6.79. The van der Waals surface area contributed by atoms with Crippen molar-refractivity contribution in [3.63, 3.8) is 0 Å². The second-order valence-electron chi connectivity index (χ2n) is 9.93. The van der Waals surface area contributed by atoms with Crippen molar-refractivity contribution in [3.05, 3.63) is 93.6 Å². The van der Waals surface area contributed by atoms with Crippen LogP contribution in [0.5, 0.6) is 0 Å². The number of amides is 1. The summed E-state index contributed by atoms with van der Waals surface area (Å²) in [5.74, 6) is 0.322. The summed E-state index contributed by atoms with van der Waals surface area (Å²) in [5, 5.41) is 1.40. The molecule has 0 unspecified atom stereocenters. The molecular formula is C31H31ClFNOS. The standard InChI is InChI=1S/C31H31ClFNOS/c1-3-21-10-15-25(16-11-21)34(31(35)30-29(32)26-6-4-5-7-28(26)36-30)19-24-18-23(14-17-27(24)33)22-12-8-20(2)9-13-22/h4-9,12-14,17-18,21,25H,3,10-11,15-16,19H2,1-2H3.